The van der Waals surface area contributed by atoms with Gasteiger partial charge in [-0.05, 0) is 44.9 Å². The summed E-state index contributed by atoms with van der Waals surface area (Å²) in [7, 11) is 0. The zero-order chi connectivity index (χ0) is 60.0. The van der Waals surface area contributed by atoms with E-state index in [0.717, 1.165) is 79.6 Å². The molecule has 1 aliphatic rings. The summed E-state index contributed by atoms with van der Waals surface area (Å²) in [6, 6.07) is -1.37. The van der Waals surface area contributed by atoms with Gasteiger partial charge in [0.25, 0.3) is 5.91 Å². The lowest BCUT2D eigenvalue weighted by Gasteiger charge is -2.44. The number of allylic oxidation sites excluding steroid dienone is 2. The number of hydrogen-bond donors (Lipinski definition) is 1. The number of carbonyl (C=O) groups is 8. The molecular weight excluding hydrogens is 1040 g/mol. The van der Waals surface area contributed by atoms with Crippen molar-refractivity contribution in [3.63, 3.8) is 0 Å². The second-order valence-electron chi connectivity index (χ2n) is 22.0. The number of hydrogen-bond acceptors (Lipinski definition) is 17. The fraction of sp³-hybridized carbons (Fsp3) is 0.841. The summed E-state index contributed by atoms with van der Waals surface area (Å²) in [5.41, 5.74) is 0. The Morgan fingerprint density at radius 2 is 0.840 bits per heavy atom. The maximum atomic E-state index is 14.5. The van der Waals surface area contributed by atoms with Gasteiger partial charge in [0.2, 0.25) is 0 Å². The first kappa shape index (κ1) is 74.4. The zero-order valence-electron chi connectivity index (χ0n) is 51.5. The van der Waals surface area contributed by atoms with Crippen LogP contribution in [0.4, 0.5) is 0 Å². The molecular formula is C63H109NO17. The van der Waals surface area contributed by atoms with Crippen LogP contribution in [0.5, 0.6) is 0 Å². The first-order chi connectivity index (χ1) is 38.9. The Kier molecular flexibility index (Phi) is 44.0. The van der Waals surface area contributed by atoms with Crippen molar-refractivity contribution in [2.45, 2.75) is 329 Å². The molecule has 0 aliphatic carbocycles. The molecule has 0 bridgehead atoms. The van der Waals surface area contributed by atoms with E-state index in [9.17, 15) is 38.4 Å². The molecule has 18 heteroatoms. The standard InChI is InChI=1S/C63H109NO17/c1-10-12-14-16-18-20-22-24-25-26-27-28-29-30-31-32-34-36-38-40-42-44-56(76-49(5)67)62(72)64-54(58(77-50(6)68)55(75-48(4)66)43-41-39-37-35-33-23-21-19-17-15-13-11-2)45-74-63-61(80-53(9)71)60(79-52(8)70)59(78-51(7)69)57(81-63)46-73-47(3)65/h35,37,54-61,63H,10-34,36,38-46H2,1-9H3,(H,64,72)/b37-35-/t54-,55+,56?,57+,58-,59+,60-,61+,63+/m0/s1. The predicted octanol–water partition coefficient (Wildman–Crippen LogP) is 12.8. The van der Waals surface area contributed by atoms with E-state index in [1.807, 2.05) is 0 Å². The molecule has 1 rings (SSSR count). The van der Waals surface area contributed by atoms with Gasteiger partial charge in [-0.3, -0.25) is 38.4 Å². The Morgan fingerprint density at radius 1 is 0.432 bits per heavy atom. The molecule has 0 radical (unpaired) electrons. The van der Waals surface area contributed by atoms with Gasteiger partial charge in [0.05, 0.1) is 12.6 Å². The first-order valence-corrected chi connectivity index (χ1v) is 31.3. The third kappa shape index (κ3) is 38.8. The van der Waals surface area contributed by atoms with Gasteiger partial charge in [0.1, 0.15) is 18.8 Å². The van der Waals surface area contributed by atoms with Crippen LogP contribution >= 0.6 is 0 Å². The minimum atomic E-state index is -1.68. The number of nitrogens with one attached hydrogen (secondary N) is 1. The lowest BCUT2D eigenvalue weighted by molar-refractivity contribution is -0.310. The number of ether oxygens (including phenoxy) is 9. The van der Waals surface area contributed by atoms with Crippen molar-refractivity contribution in [1.29, 1.82) is 0 Å². The van der Waals surface area contributed by atoms with Crippen LogP contribution in [-0.4, -0.2) is 116 Å². The maximum Gasteiger partial charge on any atom is 0.303 e. The van der Waals surface area contributed by atoms with Crippen LogP contribution in [0, 0.1) is 0 Å². The van der Waals surface area contributed by atoms with E-state index in [1.165, 1.54) is 149 Å². The SMILES string of the molecule is CCCCCCCCC/C=C\CCC[C@@H](OC(C)=O)[C@@H](OC(C)=O)[C@H](CO[C@@H]1O[C@H](COC(C)=O)[C@@H](OC(C)=O)[C@H](OC(C)=O)[C@H]1OC(C)=O)NC(=O)C(CCCCCCCCCCCCCCCCCCCCCCC)OC(C)=O. The minimum Gasteiger partial charge on any atom is -0.463 e. The van der Waals surface area contributed by atoms with E-state index in [2.05, 4.69) is 31.3 Å². The minimum absolute atomic E-state index is 0.175. The fourth-order valence-corrected chi connectivity index (χ4v) is 10.2. The van der Waals surface area contributed by atoms with Crippen LogP contribution < -0.4 is 5.32 Å². The van der Waals surface area contributed by atoms with Gasteiger partial charge >= 0.3 is 41.8 Å². The van der Waals surface area contributed by atoms with E-state index in [-0.39, 0.29) is 12.8 Å². The predicted molar refractivity (Wildman–Crippen MR) is 309 cm³/mol. The molecule has 1 fully saturated rings. The summed E-state index contributed by atoms with van der Waals surface area (Å²) in [5.74, 6) is -6.19. The summed E-state index contributed by atoms with van der Waals surface area (Å²) in [6.45, 7) is 11.3. The van der Waals surface area contributed by atoms with Crippen molar-refractivity contribution >= 4 is 47.7 Å². The third-order valence-corrected chi connectivity index (χ3v) is 14.3. The lowest BCUT2D eigenvalue weighted by Crippen LogP contribution is -2.63. The summed E-state index contributed by atoms with van der Waals surface area (Å²) in [5, 5.41) is 2.86. The lowest BCUT2D eigenvalue weighted by atomic mass is 9.97. The molecule has 0 aromatic rings. The molecule has 1 saturated heterocycles. The normalized spacial score (nSPS) is 18.5. The van der Waals surface area contributed by atoms with Crippen molar-refractivity contribution in [3.05, 3.63) is 12.2 Å². The average Bonchev–Trinajstić information content (AvgIpc) is 3.44. The van der Waals surface area contributed by atoms with Crippen LogP contribution in [0.2, 0.25) is 0 Å². The van der Waals surface area contributed by atoms with Crippen molar-refractivity contribution in [3.8, 4) is 0 Å². The number of carbonyl (C=O) groups excluding carboxylic acids is 8. The van der Waals surface area contributed by atoms with Gasteiger partial charge in [0, 0.05) is 48.5 Å². The van der Waals surface area contributed by atoms with Gasteiger partial charge in [0.15, 0.2) is 36.8 Å². The van der Waals surface area contributed by atoms with Crippen molar-refractivity contribution in [2.75, 3.05) is 13.2 Å². The highest BCUT2D eigenvalue weighted by Crippen LogP contribution is 2.31. The van der Waals surface area contributed by atoms with Crippen molar-refractivity contribution in [2.24, 2.45) is 0 Å². The smallest absolute Gasteiger partial charge is 0.303 e. The van der Waals surface area contributed by atoms with E-state index in [4.69, 9.17) is 42.6 Å². The van der Waals surface area contributed by atoms with Gasteiger partial charge in [-0.2, -0.15) is 0 Å². The van der Waals surface area contributed by atoms with E-state index in [0.29, 0.717) is 19.3 Å². The molecule has 1 N–H and O–H groups in total. The van der Waals surface area contributed by atoms with Crippen LogP contribution in [0.3, 0.4) is 0 Å². The largest absolute Gasteiger partial charge is 0.463 e. The molecule has 9 atom stereocenters. The van der Waals surface area contributed by atoms with E-state index in [1.54, 1.807) is 0 Å². The molecule has 0 spiro atoms. The molecule has 0 saturated carbocycles. The quantitative estimate of drug-likeness (QED) is 0.0258. The molecule has 0 aromatic heterocycles. The van der Waals surface area contributed by atoms with Crippen molar-refractivity contribution < 1.29 is 81.0 Å². The van der Waals surface area contributed by atoms with Crippen LogP contribution in [0.1, 0.15) is 274 Å². The Hall–Kier alpha value is -4.58. The second kappa shape index (κ2) is 47.9. The summed E-state index contributed by atoms with van der Waals surface area (Å²) < 4.78 is 51.8. The summed E-state index contributed by atoms with van der Waals surface area (Å²) in [4.78, 5) is 102. The Bertz CT molecular complexity index is 1770. The molecule has 1 amide bonds. The molecule has 1 unspecified atom stereocenters. The topological polar surface area (TPSA) is 232 Å². The van der Waals surface area contributed by atoms with Gasteiger partial charge < -0.3 is 47.9 Å². The van der Waals surface area contributed by atoms with Gasteiger partial charge in [-0.25, -0.2) is 0 Å². The van der Waals surface area contributed by atoms with Crippen molar-refractivity contribution in [1.82, 2.24) is 5.32 Å². The Morgan fingerprint density at radius 3 is 1.27 bits per heavy atom. The molecule has 1 heterocycles. The Labute approximate surface area is 487 Å². The van der Waals surface area contributed by atoms with Crippen LogP contribution in [0.25, 0.3) is 0 Å². The number of unbranched alkanes of at least 4 members (excludes halogenated alkanes) is 28. The molecule has 468 valence electrons. The zero-order valence-corrected chi connectivity index (χ0v) is 51.5. The number of rotatable bonds is 49. The highest BCUT2D eigenvalue weighted by Gasteiger charge is 2.53. The molecule has 0 aromatic carbocycles. The summed E-state index contributed by atoms with van der Waals surface area (Å²) >= 11 is 0. The first-order valence-electron chi connectivity index (χ1n) is 31.3. The second-order valence-corrected chi connectivity index (χ2v) is 22.0. The molecule has 1 aliphatic heterocycles. The molecule has 81 heavy (non-hydrogen) atoms. The van der Waals surface area contributed by atoms with Crippen LogP contribution in [-0.2, 0) is 81.0 Å². The van der Waals surface area contributed by atoms with Gasteiger partial charge in [-0.15, -0.1) is 0 Å². The fourth-order valence-electron chi connectivity index (χ4n) is 10.2. The highest BCUT2D eigenvalue weighted by atomic mass is 16.7. The highest BCUT2D eigenvalue weighted by molar-refractivity contribution is 5.83. The maximum absolute atomic E-state index is 14.5. The molecule has 18 nitrogen and oxygen atoms in total. The monoisotopic (exact) mass is 1150 g/mol. The van der Waals surface area contributed by atoms with Crippen LogP contribution in [0.15, 0.2) is 12.2 Å². The summed E-state index contributed by atoms with van der Waals surface area (Å²) in [6.07, 6.45) is 29.0. The van der Waals surface area contributed by atoms with Gasteiger partial charge in [-0.1, -0.05) is 193 Å². The number of esters is 7. The third-order valence-electron chi connectivity index (χ3n) is 14.3. The van der Waals surface area contributed by atoms with E-state index >= 15 is 0 Å². The Balaban J connectivity index is 3.29. The van der Waals surface area contributed by atoms with E-state index < -0.39 is 116 Å². The number of amides is 1. The average molecular weight is 1150 g/mol.